The monoisotopic (exact) mass is 410 g/mol. The molecule has 1 N–H and O–H groups in total. The lowest BCUT2D eigenvalue weighted by Gasteiger charge is -2.11. The van der Waals surface area contributed by atoms with Gasteiger partial charge in [-0.15, -0.1) is 0 Å². The number of alkyl halides is 2. The Morgan fingerprint density at radius 3 is 2.53 bits per heavy atom. The van der Waals surface area contributed by atoms with Crippen LogP contribution in [0.1, 0.15) is 33.6 Å². The van der Waals surface area contributed by atoms with Gasteiger partial charge in [-0.1, -0.05) is 12.1 Å². The predicted molar refractivity (Wildman–Crippen MR) is 107 cm³/mol. The van der Waals surface area contributed by atoms with E-state index in [1.807, 2.05) is 26.0 Å². The first kappa shape index (κ1) is 19.6. The molecule has 4 rings (SSSR count). The van der Waals surface area contributed by atoms with Gasteiger partial charge in [-0.05, 0) is 61.4 Å². The molecule has 0 saturated carbocycles. The molecule has 4 aromatic rings. The number of hydrogen-bond acceptors (Lipinski definition) is 3. The highest BCUT2D eigenvalue weighted by Crippen LogP contribution is 2.27. The molecular weight excluding hydrogens is 393 g/mol. The zero-order chi connectivity index (χ0) is 21.4. The van der Waals surface area contributed by atoms with Crippen LogP contribution in [0, 0.1) is 19.7 Å². The largest absolute Gasteiger partial charge is 0.322 e. The van der Waals surface area contributed by atoms with Crippen molar-refractivity contribution in [2.24, 2.45) is 0 Å². The second-order valence-corrected chi connectivity index (χ2v) is 6.87. The molecule has 2 aromatic heterocycles. The number of halogens is 3. The zero-order valence-corrected chi connectivity index (χ0v) is 16.2. The number of amides is 1. The molecule has 0 aliphatic heterocycles. The molecule has 0 unspecified atom stereocenters. The summed E-state index contributed by atoms with van der Waals surface area (Å²) in [6, 6.07) is 12.0. The van der Waals surface area contributed by atoms with E-state index in [9.17, 15) is 18.0 Å². The van der Waals surface area contributed by atoms with Gasteiger partial charge < -0.3 is 5.32 Å². The van der Waals surface area contributed by atoms with Crippen LogP contribution >= 0.6 is 0 Å². The first-order valence-corrected chi connectivity index (χ1v) is 9.15. The van der Waals surface area contributed by atoms with Crippen LogP contribution in [0.5, 0.6) is 0 Å². The molecule has 2 heterocycles. The SMILES string of the molecule is Cc1cccc(NC(=O)c2cnn3c(C(F)F)cc(-c4ccc(F)cc4)nc23)c1C. The third-order valence-corrected chi connectivity index (χ3v) is 4.96. The average Bonchev–Trinajstić information content (AvgIpc) is 3.15. The van der Waals surface area contributed by atoms with Gasteiger partial charge in [-0.3, -0.25) is 4.79 Å². The molecule has 1 amide bonds. The molecular formula is C22H17F3N4O. The van der Waals surface area contributed by atoms with E-state index in [0.29, 0.717) is 11.3 Å². The van der Waals surface area contributed by atoms with Crippen molar-refractivity contribution in [3.8, 4) is 11.3 Å². The molecule has 0 aliphatic rings. The molecule has 8 heteroatoms. The fourth-order valence-electron chi connectivity index (χ4n) is 3.15. The van der Waals surface area contributed by atoms with E-state index in [1.54, 1.807) is 6.07 Å². The van der Waals surface area contributed by atoms with E-state index in [-0.39, 0.29) is 16.9 Å². The predicted octanol–water partition coefficient (Wildman–Crippen LogP) is 5.34. The summed E-state index contributed by atoms with van der Waals surface area (Å²) < 4.78 is 41.5. The standard InChI is InChI=1S/C22H17F3N4O/c1-12-4-3-5-17(13(12)2)28-22(30)16-11-26-29-19(20(24)25)10-18(27-21(16)29)14-6-8-15(23)9-7-14/h3-11,20H,1-2H3,(H,28,30). The summed E-state index contributed by atoms with van der Waals surface area (Å²) in [7, 11) is 0. The molecule has 0 atom stereocenters. The summed E-state index contributed by atoms with van der Waals surface area (Å²) in [5.41, 5.74) is 2.80. The summed E-state index contributed by atoms with van der Waals surface area (Å²) in [5, 5.41) is 6.74. The number of rotatable bonds is 4. The van der Waals surface area contributed by atoms with Crippen molar-refractivity contribution in [2.75, 3.05) is 5.32 Å². The summed E-state index contributed by atoms with van der Waals surface area (Å²) in [6.45, 7) is 3.80. The van der Waals surface area contributed by atoms with E-state index in [4.69, 9.17) is 0 Å². The molecule has 0 spiro atoms. The van der Waals surface area contributed by atoms with Crippen molar-refractivity contribution in [3.05, 3.63) is 82.9 Å². The summed E-state index contributed by atoms with van der Waals surface area (Å²) in [4.78, 5) is 17.2. The maximum atomic E-state index is 13.7. The van der Waals surface area contributed by atoms with Crippen molar-refractivity contribution in [1.29, 1.82) is 0 Å². The Balaban J connectivity index is 1.81. The quantitative estimate of drug-likeness (QED) is 0.494. The van der Waals surface area contributed by atoms with Crippen LogP contribution in [-0.4, -0.2) is 20.5 Å². The number of nitrogens with zero attached hydrogens (tertiary/aromatic N) is 3. The van der Waals surface area contributed by atoms with Gasteiger partial charge in [0, 0.05) is 11.3 Å². The normalized spacial score (nSPS) is 11.3. The van der Waals surface area contributed by atoms with E-state index in [0.717, 1.165) is 15.6 Å². The van der Waals surface area contributed by atoms with Crippen LogP contribution in [0.3, 0.4) is 0 Å². The van der Waals surface area contributed by atoms with E-state index >= 15 is 0 Å². The van der Waals surface area contributed by atoms with Gasteiger partial charge in [0.1, 0.15) is 17.1 Å². The molecule has 0 aliphatic carbocycles. The van der Waals surface area contributed by atoms with Crippen molar-refractivity contribution >= 4 is 17.2 Å². The van der Waals surface area contributed by atoms with Gasteiger partial charge in [-0.2, -0.15) is 5.10 Å². The molecule has 0 radical (unpaired) electrons. The van der Waals surface area contributed by atoms with Crippen molar-refractivity contribution in [1.82, 2.24) is 14.6 Å². The third kappa shape index (κ3) is 3.52. The maximum Gasteiger partial charge on any atom is 0.280 e. The Bertz CT molecular complexity index is 1250. The smallest absolute Gasteiger partial charge is 0.280 e. The van der Waals surface area contributed by atoms with E-state index < -0.39 is 23.8 Å². The molecule has 30 heavy (non-hydrogen) atoms. The highest BCUT2D eigenvalue weighted by atomic mass is 19.3. The van der Waals surface area contributed by atoms with Gasteiger partial charge in [0.15, 0.2) is 5.65 Å². The fraction of sp³-hybridized carbons (Fsp3) is 0.136. The zero-order valence-electron chi connectivity index (χ0n) is 16.2. The molecule has 0 saturated heterocycles. The second-order valence-electron chi connectivity index (χ2n) is 6.87. The number of aromatic nitrogens is 3. The first-order valence-electron chi connectivity index (χ1n) is 9.15. The second kappa shape index (κ2) is 7.62. The van der Waals surface area contributed by atoms with Crippen LogP contribution in [0.2, 0.25) is 0 Å². The van der Waals surface area contributed by atoms with Crippen molar-refractivity contribution in [2.45, 2.75) is 20.3 Å². The first-order chi connectivity index (χ1) is 14.3. The Hall–Kier alpha value is -3.68. The van der Waals surface area contributed by atoms with Crippen molar-refractivity contribution < 1.29 is 18.0 Å². The minimum atomic E-state index is -2.84. The van der Waals surface area contributed by atoms with Gasteiger partial charge in [-0.25, -0.2) is 22.7 Å². The lowest BCUT2D eigenvalue weighted by molar-refractivity contribution is 0.102. The van der Waals surface area contributed by atoms with Crippen LogP contribution < -0.4 is 5.32 Å². The number of hydrogen-bond donors (Lipinski definition) is 1. The Kier molecular flexibility index (Phi) is 4.99. The Labute approximate surface area is 170 Å². The van der Waals surface area contributed by atoms with Gasteiger partial charge in [0.2, 0.25) is 0 Å². The summed E-state index contributed by atoms with van der Waals surface area (Å²) >= 11 is 0. The molecule has 0 fully saturated rings. The number of fused-ring (bicyclic) bond motifs is 1. The van der Waals surface area contributed by atoms with Crippen LogP contribution in [-0.2, 0) is 0 Å². The van der Waals surface area contributed by atoms with Crippen LogP contribution in [0.4, 0.5) is 18.9 Å². The van der Waals surface area contributed by atoms with Gasteiger partial charge in [0.25, 0.3) is 12.3 Å². The Morgan fingerprint density at radius 1 is 1.10 bits per heavy atom. The topological polar surface area (TPSA) is 59.3 Å². The number of benzene rings is 2. The maximum absolute atomic E-state index is 13.7. The van der Waals surface area contributed by atoms with E-state index in [1.165, 1.54) is 36.5 Å². The van der Waals surface area contributed by atoms with E-state index in [2.05, 4.69) is 15.4 Å². The number of carbonyl (C=O) groups is 1. The molecule has 2 aromatic carbocycles. The molecule has 152 valence electrons. The minimum absolute atomic E-state index is 0.00469. The van der Waals surface area contributed by atoms with Gasteiger partial charge in [0.05, 0.1) is 11.9 Å². The Morgan fingerprint density at radius 2 is 1.83 bits per heavy atom. The highest BCUT2D eigenvalue weighted by molar-refractivity contribution is 6.08. The molecule has 0 bridgehead atoms. The highest BCUT2D eigenvalue weighted by Gasteiger charge is 2.22. The number of aryl methyl sites for hydroxylation is 1. The van der Waals surface area contributed by atoms with Crippen molar-refractivity contribution in [3.63, 3.8) is 0 Å². The summed E-state index contributed by atoms with van der Waals surface area (Å²) in [5.74, 6) is -0.963. The number of anilines is 1. The number of carbonyl (C=O) groups excluding carboxylic acids is 1. The average molecular weight is 410 g/mol. The fourth-order valence-corrected chi connectivity index (χ4v) is 3.15. The lowest BCUT2D eigenvalue weighted by Crippen LogP contribution is -2.14. The molecule has 5 nitrogen and oxygen atoms in total. The van der Waals surface area contributed by atoms with Gasteiger partial charge >= 0.3 is 0 Å². The number of nitrogens with one attached hydrogen (secondary N) is 1. The third-order valence-electron chi connectivity index (χ3n) is 4.96. The van der Waals surface area contributed by atoms with Crippen LogP contribution in [0.15, 0.2) is 54.7 Å². The summed E-state index contributed by atoms with van der Waals surface area (Å²) in [6.07, 6.45) is -1.63. The lowest BCUT2D eigenvalue weighted by atomic mass is 10.1. The minimum Gasteiger partial charge on any atom is -0.322 e. The van der Waals surface area contributed by atoms with Crippen LogP contribution in [0.25, 0.3) is 16.9 Å².